The van der Waals surface area contributed by atoms with E-state index in [1.165, 1.54) is 25.7 Å². The van der Waals surface area contributed by atoms with Crippen LogP contribution in [0, 0.1) is 0 Å². The van der Waals surface area contributed by atoms with Crippen molar-refractivity contribution in [1.82, 2.24) is 5.32 Å². The van der Waals surface area contributed by atoms with Crippen LogP contribution in [0.5, 0.6) is 0 Å². The summed E-state index contributed by atoms with van der Waals surface area (Å²) in [5, 5.41) is 3.18. The summed E-state index contributed by atoms with van der Waals surface area (Å²) in [6.45, 7) is 5.63. The zero-order valence-electron chi connectivity index (χ0n) is 17.5. The van der Waals surface area contributed by atoms with Crippen LogP contribution in [0.1, 0.15) is 71.6 Å². The highest BCUT2D eigenvalue weighted by molar-refractivity contribution is 7.91. The molecule has 1 aromatic carbocycles. The average molecular weight is 409 g/mol. The van der Waals surface area contributed by atoms with Crippen LogP contribution in [-0.2, 0) is 14.6 Å². The molecular weight excluding hydrogens is 372 g/mol. The van der Waals surface area contributed by atoms with Crippen LogP contribution in [0.4, 0.5) is 5.69 Å². The van der Waals surface area contributed by atoms with Gasteiger partial charge in [0.05, 0.1) is 10.6 Å². The average Bonchev–Trinajstić information content (AvgIpc) is 2.71. The van der Waals surface area contributed by atoms with Crippen molar-refractivity contribution >= 4 is 21.4 Å². The molecule has 6 heteroatoms. The molecule has 0 aliphatic carbocycles. The molecular formula is C22H36N2O3S. The van der Waals surface area contributed by atoms with E-state index < -0.39 is 9.84 Å². The molecule has 0 unspecified atom stereocenters. The molecule has 28 heavy (non-hydrogen) atoms. The maximum absolute atomic E-state index is 12.1. The summed E-state index contributed by atoms with van der Waals surface area (Å²) in [5.41, 5.74) is 1.05. The summed E-state index contributed by atoms with van der Waals surface area (Å²) in [6, 6.07) is 7.43. The summed E-state index contributed by atoms with van der Waals surface area (Å²) in [5.74, 6) is 0.305. The van der Waals surface area contributed by atoms with Crippen LogP contribution in [0.15, 0.2) is 29.2 Å². The number of amides is 1. The van der Waals surface area contributed by atoms with Crippen molar-refractivity contribution in [3.63, 3.8) is 0 Å². The summed E-state index contributed by atoms with van der Waals surface area (Å²) < 4.78 is 23.8. The van der Waals surface area contributed by atoms with E-state index >= 15 is 0 Å². The van der Waals surface area contributed by atoms with Gasteiger partial charge in [-0.1, -0.05) is 46.0 Å². The van der Waals surface area contributed by atoms with E-state index in [0.717, 1.165) is 44.5 Å². The number of unbranched alkanes of at least 4 members (excludes halogenated alkanes) is 5. The van der Waals surface area contributed by atoms with Crippen molar-refractivity contribution in [3.8, 4) is 0 Å². The van der Waals surface area contributed by atoms with Crippen molar-refractivity contribution in [2.24, 2.45) is 0 Å². The normalized spacial score (nSPS) is 15.6. The molecule has 1 fully saturated rings. The summed E-state index contributed by atoms with van der Waals surface area (Å²) >= 11 is 0. The van der Waals surface area contributed by atoms with Crippen LogP contribution in [0.2, 0.25) is 0 Å². The van der Waals surface area contributed by atoms with Crippen molar-refractivity contribution < 1.29 is 13.2 Å². The van der Waals surface area contributed by atoms with Crippen molar-refractivity contribution in [2.45, 2.75) is 82.6 Å². The number of rotatable bonds is 11. The topological polar surface area (TPSA) is 66.5 Å². The number of piperidine rings is 1. The molecule has 1 amide bonds. The Labute approximate surface area is 170 Å². The highest BCUT2D eigenvalue weighted by Crippen LogP contribution is 2.22. The molecule has 5 nitrogen and oxygen atoms in total. The molecule has 1 saturated heterocycles. The number of carbonyl (C=O) groups excluding carboxylic acids is 1. The van der Waals surface area contributed by atoms with E-state index in [-0.39, 0.29) is 17.7 Å². The van der Waals surface area contributed by atoms with E-state index in [2.05, 4.69) is 17.1 Å². The molecule has 1 aromatic rings. The third-order valence-corrected chi connectivity index (χ3v) is 7.31. The fraction of sp³-hybridized carbons (Fsp3) is 0.682. The SMILES string of the molecule is CCCCCCCCC(=O)NC1CCN(c2ccc(S(=O)(=O)CC)cc2)CC1. The first-order valence-electron chi connectivity index (χ1n) is 10.8. The maximum Gasteiger partial charge on any atom is 0.220 e. The number of sulfone groups is 1. The lowest BCUT2D eigenvalue weighted by Gasteiger charge is -2.34. The van der Waals surface area contributed by atoms with Crippen LogP contribution >= 0.6 is 0 Å². The van der Waals surface area contributed by atoms with E-state index in [1.54, 1.807) is 19.1 Å². The number of carbonyl (C=O) groups is 1. The van der Waals surface area contributed by atoms with Gasteiger partial charge in [-0.3, -0.25) is 4.79 Å². The predicted molar refractivity (Wildman–Crippen MR) is 116 cm³/mol. The zero-order valence-corrected chi connectivity index (χ0v) is 18.3. The molecule has 2 rings (SSSR count). The van der Waals surface area contributed by atoms with Gasteiger partial charge in [0.1, 0.15) is 0 Å². The van der Waals surface area contributed by atoms with Crippen molar-refractivity contribution in [3.05, 3.63) is 24.3 Å². The van der Waals surface area contributed by atoms with E-state index in [9.17, 15) is 13.2 Å². The number of hydrogen-bond donors (Lipinski definition) is 1. The van der Waals surface area contributed by atoms with Crippen LogP contribution in [0.3, 0.4) is 0 Å². The molecule has 1 heterocycles. The minimum atomic E-state index is -3.15. The second-order valence-corrected chi connectivity index (χ2v) is 10.0. The van der Waals surface area contributed by atoms with Crippen LogP contribution in [-0.4, -0.2) is 39.2 Å². The van der Waals surface area contributed by atoms with Crippen LogP contribution in [0.25, 0.3) is 0 Å². The second kappa shape index (κ2) is 11.4. The predicted octanol–water partition coefficient (Wildman–Crippen LogP) is 4.32. The van der Waals surface area contributed by atoms with Gasteiger partial charge in [0, 0.05) is 31.2 Å². The Hall–Kier alpha value is -1.56. The Morgan fingerprint density at radius 3 is 2.21 bits per heavy atom. The van der Waals surface area contributed by atoms with Gasteiger partial charge in [-0.05, 0) is 43.5 Å². The first-order valence-corrected chi connectivity index (χ1v) is 12.5. The minimum Gasteiger partial charge on any atom is -0.371 e. The largest absolute Gasteiger partial charge is 0.371 e. The Morgan fingerprint density at radius 1 is 1.00 bits per heavy atom. The van der Waals surface area contributed by atoms with E-state index in [4.69, 9.17) is 0 Å². The molecule has 0 radical (unpaired) electrons. The van der Waals surface area contributed by atoms with Gasteiger partial charge in [-0.15, -0.1) is 0 Å². The molecule has 0 spiro atoms. The van der Waals surface area contributed by atoms with E-state index in [1.807, 2.05) is 12.1 Å². The Balaban J connectivity index is 1.70. The van der Waals surface area contributed by atoms with Crippen LogP contribution < -0.4 is 10.2 Å². The zero-order chi connectivity index (χ0) is 20.4. The Kier molecular flexibility index (Phi) is 9.29. The van der Waals surface area contributed by atoms with E-state index in [0.29, 0.717) is 11.3 Å². The Bertz CT molecular complexity index is 693. The van der Waals surface area contributed by atoms with Crippen molar-refractivity contribution in [2.75, 3.05) is 23.7 Å². The molecule has 0 aromatic heterocycles. The lowest BCUT2D eigenvalue weighted by atomic mass is 10.0. The van der Waals surface area contributed by atoms with Crippen molar-refractivity contribution in [1.29, 1.82) is 0 Å². The van der Waals surface area contributed by atoms with Gasteiger partial charge >= 0.3 is 0 Å². The molecule has 0 saturated carbocycles. The highest BCUT2D eigenvalue weighted by atomic mass is 32.2. The van der Waals surface area contributed by atoms with Gasteiger partial charge in [-0.2, -0.15) is 0 Å². The standard InChI is InChI=1S/C22H36N2O3S/c1-3-5-6-7-8-9-10-22(25)23-19-15-17-24(18-16-19)20-11-13-21(14-12-20)28(26,27)4-2/h11-14,19H,3-10,15-18H2,1-2H3,(H,23,25). The summed E-state index contributed by atoms with van der Waals surface area (Å²) in [4.78, 5) is 14.8. The number of nitrogens with one attached hydrogen (secondary N) is 1. The monoisotopic (exact) mass is 408 g/mol. The molecule has 1 aliphatic heterocycles. The third-order valence-electron chi connectivity index (χ3n) is 5.56. The van der Waals surface area contributed by atoms with Gasteiger partial charge in [0.25, 0.3) is 0 Å². The lowest BCUT2D eigenvalue weighted by molar-refractivity contribution is -0.122. The lowest BCUT2D eigenvalue weighted by Crippen LogP contribution is -2.44. The van der Waals surface area contributed by atoms with Gasteiger partial charge in [0.2, 0.25) is 5.91 Å². The number of nitrogens with zero attached hydrogens (tertiary/aromatic N) is 1. The third kappa shape index (κ3) is 7.12. The van der Waals surface area contributed by atoms with Gasteiger partial charge in [-0.25, -0.2) is 8.42 Å². The summed E-state index contributed by atoms with van der Waals surface area (Å²) in [7, 11) is -3.15. The van der Waals surface area contributed by atoms with Gasteiger partial charge < -0.3 is 10.2 Å². The number of benzene rings is 1. The highest BCUT2D eigenvalue weighted by Gasteiger charge is 2.21. The summed E-state index contributed by atoms with van der Waals surface area (Å²) in [6.07, 6.45) is 9.69. The minimum absolute atomic E-state index is 0.121. The fourth-order valence-corrected chi connectivity index (χ4v) is 4.56. The maximum atomic E-state index is 12.1. The quantitative estimate of drug-likeness (QED) is 0.554. The number of hydrogen-bond acceptors (Lipinski definition) is 4. The molecule has 0 atom stereocenters. The molecule has 1 N–H and O–H groups in total. The fourth-order valence-electron chi connectivity index (χ4n) is 3.68. The number of anilines is 1. The molecule has 1 aliphatic rings. The van der Waals surface area contributed by atoms with Gasteiger partial charge in [0.15, 0.2) is 9.84 Å². The second-order valence-electron chi connectivity index (χ2n) is 7.74. The molecule has 158 valence electrons. The smallest absolute Gasteiger partial charge is 0.220 e. The first kappa shape index (κ1) is 22.7. The Morgan fingerprint density at radius 2 is 1.61 bits per heavy atom. The first-order chi connectivity index (χ1) is 13.5. The molecule has 0 bridgehead atoms.